The van der Waals surface area contributed by atoms with Crippen molar-refractivity contribution in [1.82, 2.24) is 9.97 Å². The Morgan fingerprint density at radius 1 is 0.286 bits per heavy atom. The van der Waals surface area contributed by atoms with Gasteiger partial charge in [-0.3, -0.25) is 0 Å². The maximum absolute atomic E-state index is 4.75. The first-order valence-electron chi connectivity index (χ1n) is 18.8. The highest BCUT2D eigenvalue weighted by Gasteiger charge is 2.14. The van der Waals surface area contributed by atoms with E-state index < -0.39 is 0 Å². The number of thiophene rings is 2. The van der Waals surface area contributed by atoms with E-state index in [9.17, 15) is 0 Å². The van der Waals surface area contributed by atoms with Gasteiger partial charge in [0.05, 0.1) is 11.4 Å². The normalized spacial score (nSPS) is 11.6. The molecule has 8 aromatic carbocycles. The van der Waals surface area contributed by atoms with Crippen LogP contribution in [0.1, 0.15) is 0 Å². The molecule has 11 rings (SSSR count). The fraction of sp³-hybridized carbons (Fsp3) is 0. The summed E-state index contributed by atoms with van der Waals surface area (Å²) in [5, 5.41) is 5.27. The van der Waals surface area contributed by atoms with Crippen LogP contribution in [0.4, 0.5) is 0 Å². The van der Waals surface area contributed by atoms with Gasteiger partial charge < -0.3 is 0 Å². The van der Waals surface area contributed by atoms with Crippen LogP contribution >= 0.6 is 22.7 Å². The fourth-order valence-electron chi connectivity index (χ4n) is 8.07. The molecular weight excluding hydrogens is 717 g/mol. The van der Waals surface area contributed by atoms with E-state index in [0.29, 0.717) is 0 Å². The predicted octanol–water partition coefficient (Wildman–Crippen LogP) is 15.2. The van der Waals surface area contributed by atoms with Gasteiger partial charge in [0.1, 0.15) is 6.33 Å². The molecule has 0 aliphatic heterocycles. The molecule has 0 radical (unpaired) electrons. The van der Waals surface area contributed by atoms with E-state index >= 15 is 0 Å². The summed E-state index contributed by atoms with van der Waals surface area (Å²) in [7, 11) is 0. The Bertz CT molecular complexity index is 3060. The first-order chi connectivity index (χ1) is 27.7. The van der Waals surface area contributed by atoms with Crippen molar-refractivity contribution in [3.63, 3.8) is 0 Å². The van der Waals surface area contributed by atoms with Crippen molar-refractivity contribution in [2.24, 2.45) is 0 Å². The van der Waals surface area contributed by atoms with Crippen molar-refractivity contribution >= 4 is 63.0 Å². The van der Waals surface area contributed by atoms with Crippen LogP contribution in [0.3, 0.4) is 0 Å². The third-order valence-corrected chi connectivity index (χ3v) is 13.2. The highest BCUT2D eigenvalue weighted by atomic mass is 32.1. The molecule has 0 amide bonds. The lowest BCUT2D eigenvalue weighted by molar-refractivity contribution is 1.18. The summed E-state index contributed by atoms with van der Waals surface area (Å²) in [4.78, 5) is 9.50. The van der Waals surface area contributed by atoms with Gasteiger partial charge in [0.15, 0.2) is 0 Å². The molecule has 262 valence electrons. The average molecular weight is 749 g/mol. The van der Waals surface area contributed by atoms with E-state index in [1.54, 1.807) is 6.33 Å². The maximum atomic E-state index is 4.75. The lowest BCUT2D eigenvalue weighted by Crippen LogP contribution is -1.91. The Kier molecular flexibility index (Phi) is 7.90. The molecule has 0 saturated heterocycles. The molecule has 0 N–H and O–H groups in total. The molecule has 0 spiro atoms. The molecule has 2 nitrogen and oxygen atoms in total. The molecule has 11 aromatic rings. The molecule has 0 bridgehead atoms. The number of hydrogen-bond donors (Lipinski definition) is 0. The van der Waals surface area contributed by atoms with Gasteiger partial charge in [0, 0.05) is 51.5 Å². The van der Waals surface area contributed by atoms with Gasteiger partial charge in [-0.05, 0) is 87.0 Å². The Labute approximate surface area is 332 Å². The van der Waals surface area contributed by atoms with E-state index in [2.05, 4.69) is 188 Å². The van der Waals surface area contributed by atoms with Crippen LogP contribution < -0.4 is 0 Å². The number of nitrogens with zero attached hydrogens (tertiary/aromatic N) is 2. The average Bonchev–Trinajstić information content (AvgIpc) is 3.86. The van der Waals surface area contributed by atoms with Crippen LogP contribution in [0.15, 0.2) is 194 Å². The first-order valence-corrected chi connectivity index (χ1v) is 20.4. The number of rotatable bonds is 6. The minimum atomic E-state index is 0.895. The van der Waals surface area contributed by atoms with Crippen molar-refractivity contribution in [3.05, 3.63) is 194 Å². The molecule has 0 aliphatic rings. The van der Waals surface area contributed by atoms with E-state index in [0.717, 1.165) is 33.6 Å². The highest BCUT2D eigenvalue weighted by molar-refractivity contribution is 7.26. The minimum Gasteiger partial charge on any atom is -0.236 e. The van der Waals surface area contributed by atoms with Crippen LogP contribution in [0.25, 0.3) is 107 Å². The Hall–Kier alpha value is -6.72. The van der Waals surface area contributed by atoms with Crippen LogP contribution in [0.2, 0.25) is 0 Å². The van der Waals surface area contributed by atoms with Crippen LogP contribution in [-0.2, 0) is 0 Å². The van der Waals surface area contributed by atoms with Crippen LogP contribution in [0, 0.1) is 0 Å². The molecule has 56 heavy (non-hydrogen) atoms. The second kappa shape index (κ2) is 13.5. The van der Waals surface area contributed by atoms with Gasteiger partial charge in [-0.1, -0.05) is 146 Å². The van der Waals surface area contributed by atoms with Gasteiger partial charge in [-0.25, -0.2) is 9.97 Å². The highest BCUT2D eigenvalue weighted by Crippen LogP contribution is 2.42. The molecule has 0 fully saturated rings. The third-order valence-electron chi connectivity index (χ3n) is 10.8. The van der Waals surface area contributed by atoms with E-state index in [-0.39, 0.29) is 0 Å². The molecule has 0 unspecified atom stereocenters. The van der Waals surface area contributed by atoms with Gasteiger partial charge in [0.2, 0.25) is 0 Å². The topological polar surface area (TPSA) is 25.8 Å². The van der Waals surface area contributed by atoms with Crippen LogP contribution in [0.5, 0.6) is 0 Å². The lowest BCUT2D eigenvalue weighted by atomic mass is 9.96. The number of benzene rings is 8. The van der Waals surface area contributed by atoms with Crippen molar-refractivity contribution < 1.29 is 0 Å². The van der Waals surface area contributed by atoms with E-state index in [1.807, 2.05) is 22.7 Å². The summed E-state index contributed by atoms with van der Waals surface area (Å²) in [5.74, 6) is 0. The molecule has 0 saturated carbocycles. The number of hydrogen-bond acceptors (Lipinski definition) is 4. The van der Waals surface area contributed by atoms with E-state index in [1.165, 1.54) is 73.7 Å². The SMILES string of the molecule is c1cc(-c2cccc(-c3cccc4c3sc3ccccc34)c2)cc(-c2cc(-c3cccc(-c4cccc(-c5cccc6c5sc5ccccc56)c4)c3)ncn2)c1. The Balaban J connectivity index is 0.907. The molecule has 3 heterocycles. The zero-order valence-electron chi connectivity index (χ0n) is 30.2. The monoisotopic (exact) mass is 748 g/mol. The molecule has 4 heteroatoms. The summed E-state index contributed by atoms with van der Waals surface area (Å²) in [6.07, 6.45) is 1.68. The van der Waals surface area contributed by atoms with Gasteiger partial charge in [-0.15, -0.1) is 22.7 Å². The van der Waals surface area contributed by atoms with Gasteiger partial charge in [-0.2, -0.15) is 0 Å². The van der Waals surface area contributed by atoms with Crippen molar-refractivity contribution in [3.8, 4) is 67.0 Å². The summed E-state index contributed by atoms with van der Waals surface area (Å²) >= 11 is 3.74. The predicted molar refractivity (Wildman–Crippen MR) is 240 cm³/mol. The molecule has 0 atom stereocenters. The molecule has 0 aliphatic carbocycles. The Morgan fingerprint density at radius 3 is 1.11 bits per heavy atom. The zero-order chi connectivity index (χ0) is 37.0. The number of fused-ring (bicyclic) bond motifs is 6. The second-order valence-corrected chi connectivity index (χ2v) is 16.3. The van der Waals surface area contributed by atoms with Crippen LogP contribution in [-0.4, -0.2) is 9.97 Å². The summed E-state index contributed by atoms with van der Waals surface area (Å²) in [6.45, 7) is 0. The fourth-order valence-corrected chi connectivity index (χ4v) is 10.5. The summed E-state index contributed by atoms with van der Waals surface area (Å²) < 4.78 is 5.30. The lowest BCUT2D eigenvalue weighted by Gasteiger charge is -2.10. The minimum absolute atomic E-state index is 0.895. The quantitative estimate of drug-likeness (QED) is 0.169. The third kappa shape index (κ3) is 5.70. The van der Waals surface area contributed by atoms with Crippen molar-refractivity contribution in [2.45, 2.75) is 0 Å². The number of aromatic nitrogens is 2. The van der Waals surface area contributed by atoms with Gasteiger partial charge >= 0.3 is 0 Å². The largest absolute Gasteiger partial charge is 0.236 e. The maximum Gasteiger partial charge on any atom is 0.116 e. The smallest absolute Gasteiger partial charge is 0.116 e. The second-order valence-electron chi connectivity index (χ2n) is 14.2. The summed E-state index contributed by atoms with van der Waals surface area (Å²) in [6, 6.07) is 68.0. The Morgan fingerprint density at radius 2 is 0.643 bits per heavy atom. The van der Waals surface area contributed by atoms with E-state index in [4.69, 9.17) is 9.97 Å². The summed E-state index contributed by atoms with van der Waals surface area (Å²) in [5.41, 5.74) is 13.5. The van der Waals surface area contributed by atoms with Gasteiger partial charge in [0.25, 0.3) is 0 Å². The molecular formula is C52H32N2S2. The zero-order valence-corrected chi connectivity index (χ0v) is 31.8. The first kappa shape index (κ1) is 32.7. The van der Waals surface area contributed by atoms with Crippen molar-refractivity contribution in [1.29, 1.82) is 0 Å². The standard InChI is InChI=1S/C52H32N2S2/c1-3-25-49-43(19-1)45-23-9-21-41(51(45)55-49)37-15-5-11-33(27-37)35-13-7-17-39(29-35)47-31-48(54-32-53-47)40-18-8-14-36(30-40)34-12-6-16-38(28-34)42-22-10-24-46-44-20-2-4-26-50(44)56-52(42)46/h1-32H. The van der Waals surface area contributed by atoms with Crippen molar-refractivity contribution in [2.75, 3.05) is 0 Å². The molecule has 3 aromatic heterocycles.